The maximum atomic E-state index is 12.7. The second-order valence-corrected chi connectivity index (χ2v) is 7.26. The number of benzene rings is 1. The predicted octanol–water partition coefficient (Wildman–Crippen LogP) is 4.13. The van der Waals surface area contributed by atoms with E-state index in [1.54, 1.807) is 13.2 Å². The van der Waals surface area contributed by atoms with E-state index >= 15 is 0 Å². The van der Waals surface area contributed by atoms with Crippen LogP contribution < -0.4 is 9.47 Å². The maximum Gasteiger partial charge on any atom is 0.342 e. The van der Waals surface area contributed by atoms with E-state index < -0.39 is 11.8 Å². The molecule has 6 heteroatoms. The van der Waals surface area contributed by atoms with Gasteiger partial charge in [0.2, 0.25) is 0 Å². The molecule has 2 heterocycles. The van der Waals surface area contributed by atoms with Crippen molar-refractivity contribution in [3.8, 4) is 11.5 Å². The van der Waals surface area contributed by atoms with Crippen molar-refractivity contribution in [3.05, 3.63) is 41.5 Å². The van der Waals surface area contributed by atoms with Gasteiger partial charge in [0.05, 0.1) is 26.9 Å². The Kier molecular flexibility index (Phi) is 6.42. The topological polar surface area (TPSA) is 63.2 Å². The van der Waals surface area contributed by atoms with Crippen molar-refractivity contribution in [3.63, 3.8) is 0 Å². The average Bonchev–Trinajstić information content (AvgIpc) is 2.96. The highest BCUT2D eigenvalue weighted by atomic mass is 16.7. The molecule has 1 saturated heterocycles. The van der Waals surface area contributed by atoms with Gasteiger partial charge < -0.3 is 23.7 Å². The van der Waals surface area contributed by atoms with Gasteiger partial charge in [0.15, 0.2) is 5.79 Å². The van der Waals surface area contributed by atoms with E-state index in [-0.39, 0.29) is 18.8 Å². The van der Waals surface area contributed by atoms with Crippen LogP contribution in [0.5, 0.6) is 11.5 Å². The Balaban J connectivity index is 1.90. The smallest absolute Gasteiger partial charge is 0.342 e. The minimum absolute atomic E-state index is 0.0132. The van der Waals surface area contributed by atoms with Crippen LogP contribution in [0.4, 0.5) is 0 Å². The third-order valence-corrected chi connectivity index (χ3v) is 4.75. The summed E-state index contributed by atoms with van der Waals surface area (Å²) in [5, 5.41) is 0. The SMILES string of the molecule is COc1cc2c(c(OC)c1)C(=O)OCC/C=C/[C@H]1OC(C)(C)O[C@H]1CC/C=C/2. The van der Waals surface area contributed by atoms with Gasteiger partial charge in [-0.05, 0) is 44.7 Å². The Hall–Kier alpha value is -2.31. The van der Waals surface area contributed by atoms with Crippen LogP contribution in [-0.4, -0.2) is 44.8 Å². The zero-order valence-electron chi connectivity index (χ0n) is 16.9. The summed E-state index contributed by atoms with van der Waals surface area (Å²) in [6, 6.07) is 3.50. The molecular formula is C22H28O6. The van der Waals surface area contributed by atoms with E-state index in [0.29, 0.717) is 29.0 Å². The first-order chi connectivity index (χ1) is 13.4. The minimum Gasteiger partial charge on any atom is -0.497 e. The molecule has 2 aliphatic heterocycles. The van der Waals surface area contributed by atoms with Crippen molar-refractivity contribution in [1.82, 2.24) is 0 Å². The van der Waals surface area contributed by atoms with Gasteiger partial charge in [-0.1, -0.05) is 24.3 Å². The van der Waals surface area contributed by atoms with Gasteiger partial charge in [-0.25, -0.2) is 4.79 Å². The largest absolute Gasteiger partial charge is 0.497 e. The normalized spacial score (nSPS) is 26.9. The van der Waals surface area contributed by atoms with Gasteiger partial charge in [0.1, 0.15) is 23.2 Å². The molecule has 1 aromatic rings. The molecule has 0 spiro atoms. The van der Waals surface area contributed by atoms with Crippen molar-refractivity contribution in [2.24, 2.45) is 0 Å². The van der Waals surface area contributed by atoms with Gasteiger partial charge >= 0.3 is 5.97 Å². The van der Waals surface area contributed by atoms with Crippen molar-refractivity contribution >= 4 is 12.0 Å². The lowest BCUT2D eigenvalue weighted by molar-refractivity contribution is -0.143. The van der Waals surface area contributed by atoms with Crippen LogP contribution in [0.1, 0.15) is 49.0 Å². The Morgan fingerprint density at radius 3 is 2.64 bits per heavy atom. The van der Waals surface area contributed by atoms with Crippen LogP contribution in [-0.2, 0) is 14.2 Å². The van der Waals surface area contributed by atoms with Gasteiger partial charge in [0.25, 0.3) is 0 Å². The second-order valence-electron chi connectivity index (χ2n) is 7.26. The first-order valence-corrected chi connectivity index (χ1v) is 9.55. The van der Waals surface area contributed by atoms with E-state index in [0.717, 1.165) is 12.8 Å². The number of rotatable bonds is 2. The molecule has 0 amide bonds. The number of ether oxygens (including phenoxy) is 5. The fourth-order valence-corrected chi connectivity index (χ4v) is 3.48. The summed E-state index contributed by atoms with van der Waals surface area (Å²) >= 11 is 0. The zero-order valence-corrected chi connectivity index (χ0v) is 16.9. The van der Waals surface area contributed by atoms with Crippen molar-refractivity contribution in [2.45, 2.75) is 51.1 Å². The molecule has 152 valence electrons. The highest BCUT2D eigenvalue weighted by molar-refractivity contribution is 5.97. The maximum absolute atomic E-state index is 12.7. The lowest BCUT2D eigenvalue weighted by Crippen LogP contribution is -2.21. The summed E-state index contributed by atoms with van der Waals surface area (Å²) in [6.07, 6.45) is 9.98. The summed E-state index contributed by atoms with van der Waals surface area (Å²) in [4.78, 5) is 12.7. The fourth-order valence-electron chi connectivity index (χ4n) is 3.48. The highest BCUT2D eigenvalue weighted by Gasteiger charge is 2.39. The number of cyclic esters (lactones) is 1. The van der Waals surface area contributed by atoms with Crippen LogP contribution in [0, 0.1) is 0 Å². The summed E-state index contributed by atoms with van der Waals surface area (Å²) in [5.74, 6) is 0.0356. The van der Waals surface area contributed by atoms with Gasteiger partial charge in [-0.2, -0.15) is 0 Å². The molecule has 0 radical (unpaired) electrons. The number of carbonyl (C=O) groups is 1. The Morgan fingerprint density at radius 1 is 1.07 bits per heavy atom. The summed E-state index contributed by atoms with van der Waals surface area (Å²) in [6.45, 7) is 4.12. The molecule has 0 bridgehead atoms. The molecule has 28 heavy (non-hydrogen) atoms. The van der Waals surface area contributed by atoms with E-state index in [4.69, 9.17) is 23.7 Å². The summed E-state index contributed by atoms with van der Waals surface area (Å²) < 4.78 is 28.2. The van der Waals surface area contributed by atoms with Gasteiger partial charge in [0, 0.05) is 6.07 Å². The molecule has 6 nitrogen and oxygen atoms in total. The molecule has 2 atom stereocenters. The Labute approximate surface area is 166 Å². The van der Waals surface area contributed by atoms with Crippen molar-refractivity contribution in [1.29, 1.82) is 0 Å². The molecule has 0 unspecified atom stereocenters. The van der Waals surface area contributed by atoms with Crippen LogP contribution in [0.3, 0.4) is 0 Å². The van der Waals surface area contributed by atoms with E-state index in [2.05, 4.69) is 0 Å². The van der Waals surface area contributed by atoms with Crippen LogP contribution >= 0.6 is 0 Å². The van der Waals surface area contributed by atoms with E-state index in [1.165, 1.54) is 7.11 Å². The minimum atomic E-state index is -0.600. The Morgan fingerprint density at radius 2 is 1.89 bits per heavy atom. The molecule has 0 saturated carbocycles. The number of fused-ring (bicyclic) bond motifs is 2. The number of allylic oxidation sites excluding steroid dienone is 1. The van der Waals surface area contributed by atoms with E-state index in [9.17, 15) is 4.79 Å². The summed E-state index contributed by atoms with van der Waals surface area (Å²) in [5.41, 5.74) is 1.11. The molecule has 2 aliphatic rings. The van der Waals surface area contributed by atoms with Crippen LogP contribution in [0.2, 0.25) is 0 Å². The standard InChI is InChI=1S/C22H28O6/c1-22(2)27-17-10-6-5-9-15-13-16(24-3)14-19(25-4)20(15)21(23)26-12-8-7-11-18(17)28-22/h5,7,9,11,13-14,17-18H,6,8,10,12H2,1-4H3/b9-5+,11-7+/t17-,18+/m0/s1. The number of carbonyl (C=O) groups excluding carboxylic acids is 1. The molecular weight excluding hydrogens is 360 g/mol. The number of methoxy groups -OCH3 is 2. The number of hydrogen-bond acceptors (Lipinski definition) is 6. The van der Waals surface area contributed by atoms with Gasteiger partial charge in [-0.15, -0.1) is 0 Å². The second kappa shape index (κ2) is 8.80. The molecule has 0 aliphatic carbocycles. The molecule has 3 rings (SSSR count). The Bertz CT molecular complexity index is 765. The zero-order chi connectivity index (χ0) is 20.1. The molecule has 1 aromatic carbocycles. The third-order valence-electron chi connectivity index (χ3n) is 4.75. The van der Waals surface area contributed by atoms with Crippen LogP contribution in [0.25, 0.3) is 6.08 Å². The van der Waals surface area contributed by atoms with Crippen molar-refractivity contribution in [2.75, 3.05) is 20.8 Å². The van der Waals surface area contributed by atoms with Gasteiger partial charge in [-0.3, -0.25) is 0 Å². The molecule has 1 fully saturated rings. The number of esters is 1. The average molecular weight is 388 g/mol. The lowest BCUT2D eigenvalue weighted by Gasteiger charge is -2.16. The molecule has 0 aromatic heterocycles. The van der Waals surface area contributed by atoms with Crippen molar-refractivity contribution < 1.29 is 28.5 Å². The third kappa shape index (κ3) is 4.75. The number of hydrogen-bond donors (Lipinski definition) is 0. The van der Waals surface area contributed by atoms with E-state index in [1.807, 2.05) is 44.2 Å². The first-order valence-electron chi connectivity index (χ1n) is 9.55. The fraction of sp³-hybridized carbons (Fsp3) is 0.500. The lowest BCUT2D eigenvalue weighted by atomic mass is 10.0. The quantitative estimate of drug-likeness (QED) is 0.561. The molecule has 0 N–H and O–H groups in total. The highest BCUT2D eigenvalue weighted by Crippen LogP contribution is 2.33. The summed E-state index contributed by atoms with van der Waals surface area (Å²) in [7, 11) is 3.11. The monoisotopic (exact) mass is 388 g/mol. The first kappa shape index (κ1) is 20.4. The van der Waals surface area contributed by atoms with Crippen LogP contribution in [0.15, 0.2) is 30.4 Å². The predicted molar refractivity (Wildman–Crippen MR) is 106 cm³/mol.